The zero-order valence-corrected chi connectivity index (χ0v) is 12.0. The predicted molar refractivity (Wildman–Crippen MR) is 75.0 cm³/mol. The van der Waals surface area contributed by atoms with Gasteiger partial charge in [-0.25, -0.2) is 0 Å². The Kier molecular flexibility index (Phi) is 5.33. The van der Waals surface area contributed by atoms with Crippen LogP contribution in [0.1, 0.15) is 32.6 Å². The van der Waals surface area contributed by atoms with Crippen LogP contribution in [0.25, 0.3) is 0 Å². The Morgan fingerprint density at radius 1 is 1.44 bits per heavy atom. The van der Waals surface area contributed by atoms with E-state index in [4.69, 9.17) is 4.74 Å². The average Bonchev–Trinajstić information content (AvgIpc) is 2.38. The van der Waals surface area contributed by atoms with Gasteiger partial charge in [0.05, 0.1) is 12.1 Å². The SMILES string of the molecule is CCNC(=O)CNC1CCOC2(CCSCC2)C1. The van der Waals surface area contributed by atoms with Gasteiger partial charge in [0.2, 0.25) is 5.91 Å². The van der Waals surface area contributed by atoms with Crippen LogP contribution >= 0.6 is 11.8 Å². The van der Waals surface area contributed by atoms with Crippen molar-refractivity contribution >= 4 is 17.7 Å². The first kappa shape index (κ1) is 14.2. The van der Waals surface area contributed by atoms with E-state index in [0.717, 1.165) is 32.3 Å². The van der Waals surface area contributed by atoms with Gasteiger partial charge in [0.25, 0.3) is 0 Å². The zero-order chi connectivity index (χ0) is 12.8. The molecular formula is C13H24N2O2S. The van der Waals surface area contributed by atoms with Crippen LogP contribution in [-0.2, 0) is 9.53 Å². The Labute approximate surface area is 114 Å². The number of ether oxygens (including phenoxy) is 1. The topological polar surface area (TPSA) is 50.4 Å². The minimum Gasteiger partial charge on any atom is -0.375 e. The maximum atomic E-state index is 11.4. The van der Waals surface area contributed by atoms with Crippen LogP contribution in [0, 0.1) is 0 Å². The molecule has 2 aliphatic rings. The summed E-state index contributed by atoms with van der Waals surface area (Å²) >= 11 is 2.02. The Morgan fingerprint density at radius 3 is 2.94 bits per heavy atom. The molecule has 104 valence electrons. The van der Waals surface area contributed by atoms with Crippen molar-refractivity contribution in [3.05, 3.63) is 0 Å². The van der Waals surface area contributed by atoms with Crippen LogP contribution < -0.4 is 10.6 Å². The lowest BCUT2D eigenvalue weighted by Crippen LogP contribution is -2.50. The molecule has 0 radical (unpaired) electrons. The van der Waals surface area contributed by atoms with Gasteiger partial charge in [0, 0.05) is 19.2 Å². The van der Waals surface area contributed by atoms with Crippen molar-refractivity contribution in [1.29, 1.82) is 0 Å². The Hall–Kier alpha value is -0.260. The highest BCUT2D eigenvalue weighted by Crippen LogP contribution is 2.37. The fourth-order valence-electron chi connectivity index (χ4n) is 2.79. The van der Waals surface area contributed by atoms with Crippen LogP contribution in [0.15, 0.2) is 0 Å². The molecule has 1 unspecified atom stereocenters. The molecule has 0 saturated carbocycles. The molecule has 2 rings (SSSR count). The van der Waals surface area contributed by atoms with E-state index in [1.54, 1.807) is 0 Å². The first-order valence-electron chi connectivity index (χ1n) is 6.96. The van der Waals surface area contributed by atoms with Crippen molar-refractivity contribution in [3.63, 3.8) is 0 Å². The largest absolute Gasteiger partial charge is 0.375 e. The first-order valence-corrected chi connectivity index (χ1v) is 8.11. The summed E-state index contributed by atoms with van der Waals surface area (Å²) in [5.41, 5.74) is 0.0996. The molecular weight excluding hydrogens is 248 g/mol. The van der Waals surface area contributed by atoms with Crippen LogP contribution in [0.3, 0.4) is 0 Å². The lowest BCUT2D eigenvalue weighted by molar-refractivity contribution is -0.121. The van der Waals surface area contributed by atoms with Crippen LogP contribution in [-0.4, -0.2) is 48.8 Å². The fourth-order valence-corrected chi connectivity index (χ4v) is 4.03. The third-order valence-corrected chi connectivity index (χ3v) is 4.81. The van der Waals surface area contributed by atoms with Gasteiger partial charge in [0.1, 0.15) is 0 Å². The van der Waals surface area contributed by atoms with Gasteiger partial charge in [0.15, 0.2) is 0 Å². The number of carbonyl (C=O) groups is 1. The number of rotatable bonds is 4. The molecule has 5 heteroatoms. The third-order valence-electron chi connectivity index (χ3n) is 3.82. The van der Waals surface area contributed by atoms with Crippen molar-refractivity contribution < 1.29 is 9.53 Å². The monoisotopic (exact) mass is 272 g/mol. The standard InChI is InChI=1S/C13H24N2O2S/c1-2-14-12(16)10-15-11-3-6-17-13(9-11)4-7-18-8-5-13/h11,15H,2-10H2,1H3,(H,14,16). The smallest absolute Gasteiger partial charge is 0.233 e. The number of thioether (sulfide) groups is 1. The van der Waals surface area contributed by atoms with E-state index in [9.17, 15) is 4.79 Å². The summed E-state index contributed by atoms with van der Waals surface area (Å²) in [6, 6.07) is 0.435. The Morgan fingerprint density at radius 2 is 2.22 bits per heavy atom. The zero-order valence-electron chi connectivity index (χ0n) is 11.2. The maximum absolute atomic E-state index is 11.4. The molecule has 2 saturated heterocycles. The van der Waals surface area contributed by atoms with Gasteiger partial charge in [-0.05, 0) is 44.1 Å². The summed E-state index contributed by atoms with van der Waals surface area (Å²) in [6.07, 6.45) is 4.41. The second kappa shape index (κ2) is 6.78. The number of hydrogen-bond acceptors (Lipinski definition) is 4. The third kappa shape index (κ3) is 3.87. The molecule has 0 aromatic carbocycles. The van der Waals surface area contributed by atoms with Gasteiger partial charge < -0.3 is 15.4 Å². The highest BCUT2D eigenvalue weighted by Gasteiger charge is 2.38. The summed E-state index contributed by atoms with van der Waals surface area (Å²) in [4.78, 5) is 11.4. The summed E-state index contributed by atoms with van der Waals surface area (Å²) in [6.45, 7) is 3.91. The molecule has 2 fully saturated rings. The van der Waals surface area contributed by atoms with Gasteiger partial charge in [-0.15, -0.1) is 0 Å². The molecule has 1 amide bonds. The van der Waals surface area contributed by atoms with E-state index in [-0.39, 0.29) is 11.5 Å². The number of amides is 1. The van der Waals surface area contributed by atoms with Crippen molar-refractivity contribution in [1.82, 2.24) is 10.6 Å². The molecule has 0 aromatic heterocycles. The molecule has 2 N–H and O–H groups in total. The van der Waals surface area contributed by atoms with Gasteiger partial charge in [-0.3, -0.25) is 4.79 Å². The Balaban J connectivity index is 1.77. The second-order valence-electron chi connectivity index (χ2n) is 5.17. The van der Waals surface area contributed by atoms with Gasteiger partial charge >= 0.3 is 0 Å². The summed E-state index contributed by atoms with van der Waals surface area (Å²) in [5.74, 6) is 2.52. The molecule has 2 heterocycles. The normalized spacial score (nSPS) is 27.1. The molecule has 1 spiro atoms. The minimum atomic E-state index is 0.0947. The van der Waals surface area contributed by atoms with Crippen molar-refractivity contribution in [2.75, 3.05) is 31.2 Å². The molecule has 0 aromatic rings. The summed E-state index contributed by atoms with van der Waals surface area (Å²) in [7, 11) is 0. The molecule has 1 atom stereocenters. The van der Waals surface area contributed by atoms with E-state index in [2.05, 4.69) is 10.6 Å². The van der Waals surface area contributed by atoms with E-state index in [1.807, 2.05) is 18.7 Å². The highest BCUT2D eigenvalue weighted by molar-refractivity contribution is 7.99. The Bertz CT molecular complexity index is 275. The molecule has 4 nitrogen and oxygen atoms in total. The molecule has 2 aliphatic heterocycles. The van der Waals surface area contributed by atoms with E-state index < -0.39 is 0 Å². The first-order chi connectivity index (χ1) is 8.74. The van der Waals surface area contributed by atoms with E-state index >= 15 is 0 Å². The molecule has 18 heavy (non-hydrogen) atoms. The molecule has 0 aliphatic carbocycles. The van der Waals surface area contributed by atoms with Crippen LogP contribution in [0.2, 0.25) is 0 Å². The van der Waals surface area contributed by atoms with Crippen LogP contribution in [0.5, 0.6) is 0 Å². The maximum Gasteiger partial charge on any atom is 0.233 e. The summed E-state index contributed by atoms with van der Waals surface area (Å²) in [5, 5.41) is 6.20. The minimum absolute atomic E-state index is 0.0947. The number of likely N-dealkylation sites (N-methyl/N-ethyl adjacent to an activating group) is 1. The number of carbonyl (C=O) groups excluding carboxylic acids is 1. The second-order valence-corrected chi connectivity index (χ2v) is 6.39. The van der Waals surface area contributed by atoms with E-state index in [0.29, 0.717) is 19.1 Å². The fraction of sp³-hybridized carbons (Fsp3) is 0.923. The lowest BCUT2D eigenvalue weighted by Gasteiger charge is -2.43. The quantitative estimate of drug-likeness (QED) is 0.806. The van der Waals surface area contributed by atoms with Crippen molar-refractivity contribution in [2.24, 2.45) is 0 Å². The number of nitrogens with one attached hydrogen (secondary N) is 2. The number of hydrogen-bond donors (Lipinski definition) is 2. The van der Waals surface area contributed by atoms with Crippen molar-refractivity contribution in [3.8, 4) is 0 Å². The van der Waals surface area contributed by atoms with Crippen molar-refractivity contribution in [2.45, 2.75) is 44.2 Å². The predicted octanol–water partition coefficient (Wildman–Crippen LogP) is 1.16. The summed E-state index contributed by atoms with van der Waals surface area (Å²) < 4.78 is 6.04. The van der Waals surface area contributed by atoms with Gasteiger partial charge in [-0.2, -0.15) is 11.8 Å². The van der Waals surface area contributed by atoms with E-state index in [1.165, 1.54) is 11.5 Å². The van der Waals surface area contributed by atoms with Gasteiger partial charge in [-0.1, -0.05) is 0 Å². The van der Waals surface area contributed by atoms with Crippen LogP contribution in [0.4, 0.5) is 0 Å². The lowest BCUT2D eigenvalue weighted by atomic mass is 9.85. The average molecular weight is 272 g/mol. The molecule has 0 bridgehead atoms. The highest BCUT2D eigenvalue weighted by atomic mass is 32.2.